The Kier molecular flexibility index (Phi) is 19.8. The first-order chi connectivity index (χ1) is 8.35. The zero-order valence-corrected chi connectivity index (χ0v) is 12.5. The van der Waals surface area contributed by atoms with Crippen molar-refractivity contribution in [2.75, 3.05) is 38.7 Å². The van der Waals surface area contributed by atoms with Crippen LogP contribution in [0.5, 0.6) is 0 Å². The molecule has 3 heteroatoms. The highest BCUT2D eigenvalue weighted by atomic mass is 32.2. The van der Waals surface area contributed by atoms with Crippen LogP contribution in [0.3, 0.4) is 0 Å². The van der Waals surface area contributed by atoms with Gasteiger partial charge in [-0.3, -0.25) is 0 Å². The average molecular weight is 256 g/mol. The Morgan fingerprint density at radius 2 is 1.24 bits per heavy atom. The first-order valence-corrected chi connectivity index (χ1v) is 7.53. The number of thioether (sulfide) groups is 1. The molecule has 0 aromatic heterocycles. The van der Waals surface area contributed by atoms with Gasteiger partial charge in [-0.2, -0.15) is 11.8 Å². The van der Waals surface area contributed by atoms with E-state index in [1.54, 1.807) is 0 Å². The van der Waals surface area contributed by atoms with Gasteiger partial charge in [0.1, 0.15) is 0 Å². The third-order valence-electron chi connectivity index (χ3n) is 2.17. The molecule has 0 aliphatic rings. The van der Waals surface area contributed by atoms with E-state index in [-0.39, 0.29) is 0 Å². The van der Waals surface area contributed by atoms with Gasteiger partial charge in [0.25, 0.3) is 0 Å². The minimum Gasteiger partial charge on any atom is -0.333 e. The van der Waals surface area contributed by atoms with Gasteiger partial charge in [-0.1, -0.05) is 50.2 Å². The average Bonchev–Trinajstić information content (AvgIpc) is 2.45. The third kappa shape index (κ3) is 15.5. The summed E-state index contributed by atoms with van der Waals surface area (Å²) >= 11 is 1.92. The summed E-state index contributed by atoms with van der Waals surface area (Å²) in [4.78, 5) is 2.44. The van der Waals surface area contributed by atoms with Crippen molar-refractivity contribution in [3.05, 3.63) is 36.4 Å². The minimum absolute atomic E-state index is 1.19. The Labute approximate surface area is 112 Å². The van der Waals surface area contributed by atoms with E-state index >= 15 is 0 Å². The number of benzene rings is 1. The lowest BCUT2D eigenvalue weighted by Gasteiger charge is -2.16. The predicted molar refractivity (Wildman–Crippen MR) is 82.7 cm³/mol. The zero-order valence-electron chi connectivity index (χ0n) is 11.7. The van der Waals surface area contributed by atoms with Crippen LogP contribution in [0.15, 0.2) is 36.4 Å². The molecule has 100 valence electrons. The highest BCUT2D eigenvalue weighted by Gasteiger charge is 1.94. The highest BCUT2D eigenvalue weighted by Crippen LogP contribution is 1.93. The Morgan fingerprint density at radius 3 is 1.47 bits per heavy atom. The lowest BCUT2D eigenvalue weighted by atomic mass is 10.4. The first kappa shape index (κ1) is 18.8. The normalized spacial score (nSPS) is 8.82. The lowest BCUT2D eigenvalue weighted by molar-refractivity contribution is 0.324. The van der Waals surface area contributed by atoms with Gasteiger partial charge in [-0.15, -0.1) is 0 Å². The standard InChI is InChI=1S/C7H17NS.C6H6.CH5N/c1-4-8(5-2)6-7-9-3;1-2-4-6-5-3-1;1-2/h4-7H2,1-3H3;1-6H;2H2,1H3. The van der Waals surface area contributed by atoms with E-state index in [0.717, 1.165) is 0 Å². The Balaban J connectivity index is 0. The summed E-state index contributed by atoms with van der Waals surface area (Å²) in [5, 5.41) is 0. The van der Waals surface area contributed by atoms with Crippen LogP contribution in [-0.2, 0) is 0 Å². The van der Waals surface area contributed by atoms with Gasteiger partial charge in [-0.25, -0.2) is 0 Å². The molecule has 0 fully saturated rings. The lowest BCUT2D eigenvalue weighted by Crippen LogP contribution is -2.25. The fourth-order valence-corrected chi connectivity index (χ4v) is 1.59. The van der Waals surface area contributed by atoms with Gasteiger partial charge in [0, 0.05) is 12.3 Å². The second-order valence-electron chi connectivity index (χ2n) is 3.17. The van der Waals surface area contributed by atoms with Crippen molar-refractivity contribution in [2.24, 2.45) is 5.73 Å². The molecule has 1 aromatic rings. The molecule has 0 amide bonds. The van der Waals surface area contributed by atoms with Gasteiger partial charge < -0.3 is 10.6 Å². The van der Waals surface area contributed by atoms with Crippen molar-refractivity contribution in [1.29, 1.82) is 0 Å². The minimum atomic E-state index is 1.19. The van der Waals surface area contributed by atoms with E-state index in [2.05, 4.69) is 30.7 Å². The summed E-state index contributed by atoms with van der Waals surface area (Å²) in [7, 11) is 1.50. The Bertz CT molecular complexity index is 174. The molecule has 17 heavy (non-hydrogen) atoms. The highest BCUT2D eigenvalue weighted by molar-refractivity contribution is 7.98. The maximum atomic E-state index is 4.50. The van der Waals surface area contributed by atoms with Crippen molar-refractivity contribution in [1.82, 2.24) is 4.90 Å². The van der Waals surface area contributed by atoms with Crippen molar-refractivity contribution in [2.45, 2.75) is 13.8 Å². The third-order valence-corrected chi connectivity index (χ3v) is 2.76. The molecule has 0 aliphatic heterocycles. The quantitative estimate of drug-likeness (QED) is 0.878. The Morgan fingerprint density at radius 1 is 0.882 bits per heavy atom. The van der Waals surface area contributed by atoms with Crippen LogP contribution in [-0.4, -0.2) is 43.6 Å². The number of hydrogen-bond acceptors (Lipinski definition) is 3. The molecule has 2 nitrogen and oxygen atoms in total. The molecule has 0 heterocycles. The van der Waals surface area contributed by atoms with Crippen LogP contribution in [0, 0.1) is 0 Å². The van der Waals surface area contributed by atoms with Crippen molar-refractivity contribution < 1.29 is 0 Å². The molecule has 0 spiro atoms. The molecule has 0 radical (unpaired) electrons. The van der Waals surface area contributed by atoms with E-state index in [4.69, 9.17) is 0 Å². The van der Waals surface area contributed by atoms with E-state index in [0.29, 0.717) is 0 Å². The second-order valence-corrected chi connectivity index (χ2v) is 4.16. The number of rotatable bonds is 5. The molecule has 0 aliphatic carbocycles. The van der Waals surface area contributed by atoms with Gasteiger partial charge in [-0.05, 0) is 26.4 Å². The fraction of sp³-hybridized carbons (Fsp3) is 0.571. The van der Waals surface area contributed by atoms with Gasteiger partial charge in [0.15, 0.2) is 0 Å². The van der Waals surface area contributed by atoms with Crippen LogP contribution in [0.25, 0.3) is 0 Å². The second kappa shape index (κ2) is 17.9. The van der Waals surface area contributed by atoms with Gasteiger partial charge >= 0.3 is 0 Å². The van der Waals surface area contributed by atoms with E-state index < -0.39 is 0 Å². The zero-order chi connectivity index (χ0) is 13.4. The van der Waals surface area contributed by atoms with Crippen LogP contribution >= 0.6 is 11.8 Å². The van der Waals surface area contributed by atoms with E-state index in [1.165, 1.54) is 32.4 Å². The van der Waals surface area contributed by atoms with Crippen LogP contribution in [0.2, 0.25) is 0 Å². The predicted octanol–water partition coefficient (Wildman–Crippen LogP) is 2.95. The molecule has 0 unspecified atom stereocenters. The monoisotopic (exact) mass is 256 g/mol. The molecule has 0 atom stereocenters. The molecular formula is C14H28N2S. The van der Waals surface area contributed by atoms with Gasteiger partial charge in [0.2, 0.25) is 0 Å². The summed E-state index contributed by atoms with van der Waals surface area (Å²) in [5.74, 6) is 1.27. The van der Waals surface area contributed by atoms with Crippen molar-refractivity contribution >= 4 is 11.8 Å². The summed E-state index contributed by atoms with van der Waals surface area (Å²) in [5.41, 5.74) is 4.50. The maximum Gasteiger partial charge on any atom is 0.00720 e. The Hall–Kier alpha value is -0.510. The molecule has 2 N–H and O–H groups in total. The van der Waals surface area contributed by atoms with Crippen LogP contribution in [0.4, 0.5) is 0 Å². The molecule has 1 rings (SSSR count). The summed E-state index contributed by atoms with van der Waals surface area (Å²) in [6.07, 6.45) is 2.16. The number of hydrogen-bond donors (Lipinski definition) is 1. The van der Waals surface area contributed by atoms with Crippen molar-refractivity contribution in [3.8, 4) is 0 Å². The molecule has 0 saturated heterocycles. The number of nitrogens with two attached hydrogens (primary N) is 1. The maximum absolute atomic E-state index is 4.50. The number of nitrogens with zero attached hydrogens (tertiary/aromatic N) is 1. The summed E-state index contributed by atoms with van der Waals surface area (Å²) in [6, 6.07) is 12.0. The summed E-state index contributed by atoms with van der Waals surface area (Å²) < 4.78 is 0. The molecule has 0 saturated carbocycles. The SMILES string of the molecule is CCN(CC)CCSC.CN.c1ccccc1. The van der Waals surface area contributed by atoms with Crippen molar-refractivity contribution in [3.63, 3.8) is 0 Å². The van der Waals surface area contributed by atoms with Crippen LogP contribution < -0.4 is 5.73 Å². The molecule has 1 aromatic carbocycles. The topological polar surface area (TPSA) is 29.3 Å². The first-order valence-electron chi connectivity index (χ1n) is 6.14. The smallest absolute Gasteiger partial charge is 0.00720 e. The fourth-order valence-electron chi connectivity index (χ4n) is 1.15. The molecular weight excluding hydrogens is 228 g/mol. The van der Waals surface area contributed by atoms with E-state index in [9.17, 15) is 0 Å². The largest absolute Gasteiger partial charge is 0.333 e. The summed E-state index contributed by atoms with van der Waals surface area (Å²) in [6.45, 7) is 8.05. The van der Waals surface area contributed by atoms with Gasteiger partial charge in [0.05, 0.1) is 0 Å². The van der Waals surface area contributed by atoms with Crippen LogP contribution in [0.1, 0.15) is 13.8 Å². The molecule has 0 bridgehead atoms. The van der Waals surface area contributed by atoms with E-state index in [1.807, 2.05) is 48.2 Å².